The third-order valence-electron chi connectivity index (χ3n) is 3.77. The van der Waals surface area contributed by atoms with Gasteiger partial charge in [0, 0.05) is 18.7 Å². The van der Waals surface area contributed by atoms with E-state index in [2.05, 4.69) is 10.3 Å². The van der Waals surface area contributed by atoms with Crippen molar-refractivity contribution in [3.63, 3.8) is 0 Å². The van der Waals surface area contributed by atoms with Crippen molar-refractivity contribution in [3.05, 3.63) is 60.3 Å². The van der Waals surface area contributed by atoms with E-state index in [0.717, 1.165) is 0 Å². The average molecular weight is 300 g/mol. The first-order chi connectivity index (χ1) is 10.6. The van der Waals surface area contributed by atoms with Crippen molar-refractivity contribution in [3.8, 4) is 5.88 Å². The van der Waals surface area contributed by atoms with Crippen molar-refractivity contribution in [2.45, 2.75) is 31.2 Å². The van der Waals surface area contributed by atoms with Crippen LogP contribution in [0.4, 0.5) is 4.39 Å². The zero-order chi connectivity index (χ0) is 15.6. The number of benzene rings is 1. The third-order valence-corrected chi connectivity index (χ3v) is 3.77. The van der Waals surface area contributed by atoms with E-state index in [4.69, 9.17) is 4.74 Å². The first-order valence-electron chi connectivity index (χ1n) is 7.22. The minimum atomic E-state index is -1.47. The van der Waals surface area contributed by atoms with Crippen molar-refractivity contribution in [2.75, 3.05) is 0 Å². The van der Waals surface area contributed by atoms with E-state index < -0.39 is 17.8 Å². The van der Waals surface area contributed by atoms with Gasteiger partial charge in [0.1, 0.15) is 0 Å². The Morgan fingerprint density at radius 3 is 2.73 bits per heavy atom. The molecule has 0 aliphatic heterocycles. The molecule has 1 fully saturated rings. The Labute approximate surface area is 128 Å². The van der Waals surface area contributed by atoms with Gasteiger partial charge in [-0.25, -0.2) is 9.37 Å². The summed E-state index contributed by atoms with van der Waals surface area (Å²) in [5.41, 5.74) is -0.875. The summed E-state index contributed by atoms with van der Waals surface area (Å²) in [5.74, 6) is 0.0293. The third kappa shape index (κ3) is 2.93. The van der Waals surface area contributed by atoms with Gasteiger partial charge in [0.05, 0.1) is 6.04 Å². The molecule has 1 N–H and O–H groups in total. The van der Waals surface area contributed by atoms with Crippen LogP contribution < -0.4 is 10.1 Å². The van der Waals surface area contributed by atoms with Gasteiger partial charge in [-0.1, -0.05) is 36.4 Å². The highest BCUT2D eigenvalue weighted by molar-refractivity contribution is 5.81. The smallest absolute Gasteiger partial charge is 0.261 e. The Bertz CT molecular complexity index is 650. The van der Waals surface area contributed by atoms with Gasteiger partial charge in [-0.15, -0.1) is 0 Å². The lowest BCUT2D eigenvalue weighted by atomic mass is 10.1. The Hall–Kier alpha value is -2.43. The molecule has 1 saturated carbocycles. The molecule has 0 radical (unpaired) electrons. The van der Waals surface area contributed by atoms with Crippen LogP contribution in [0.25, 0.3) is 0 Å². The van der Waals surface area contributed by atoms with Crippen LogP contribution in [-0.4, -0.2) is 23.0 Å². The molecular weight excluding hydrogens is 283 g/mol. The largest absolute Gasteiger partial charge is 0.465 e. The number of rotatable bonds is 5. The predicted molar refractivity (Wildman–Crippen MR) is 80.1 cm³/mol. The maximum absolute atomic E-state index is 14.7. The second-order valence-corrected chi connectivity index (χ2v) is 5.42. The van der Waals surface area contributed by atoms with Gasteiger partial charge in [0.25, 0.3) is 5.91 Å². The Kier molecular flexibility index (Phi) is 3.79. The molecule has 3 unspecified atom stereocenters. The molecule has 1 heterocycles. The van der Waals surface area contributed by atoms with Gasteiger partial charge in [-0.3, -0.25) is 4.79 Å². The molecule has 1 amide bonds. The fourth-order valence-corrected chi connectivity index (χ4v) is 2.38. The highest BCUT2D eigenvalue weighted by atomic mass is 19.1. The maximum atomic E-state index is 14.7. The highest BCUT2D eigenvalue weighted by Gasteiger charge is 2.57. The van der Waals surface area contributed by atoms with Crippen LogP contribution in [0, 0.1) is 0 Å². The van der Waals surface area contributed by atoms with Crippen LogP contribution in [0.15, 0.2) is 54.7 Å². The number of hydrogen-bond donors (Lipinski definition) is 1. The van der Waals surface area contributed by atoms with E-state index in [0.29, 0.717) is 17.9 Å². The summed E-state index contributed by atoms with van der Waals surface area (Å²) in [7, 11) is 0. The quantitative estimate of drug-likeness (QED) is 0.923. The van der Waals surface area contributed by atoms with E-state index in [1.54, 1.807) is 55.6 Å². The van der Waals surface area contributed by atoms with Crippen LogP contribution in [0.3, 0.4) is 0 Å². The number of hydrogen-bond acceptors (Lipinski definition) is 3. The second-order valence-electron chi connectivity index (χ2n) is 5.42. The number of nitrogens with one attached hydrogen (secondary N) is 1. The van der Waals surface area contributed by atoms with E-state index in [-0.39, 0.29) is 5.91 Å². The maximum Gasteiger partial charge on any atom is 0.261 e. The predicted octanol–water partition coefficient (Wildman–Crippen LogP) is 2.60. The number of nitrogens with zero attached hydrogens (tertiary/aromatic N) is 1. The molecule has 3 rings (SSSR count). The molecule has 0 bridgehead atoms. The Balaban J connectivity index is 1.57. The number of amides is 1. The molecule has 22 heavy (non-hydrogen) atoms. The number of ether oxygens (including phenoxy) is 1. The molecule has 114 valence electrons. The van der Waals surface area contributed by atoms with E-state index >= 15 is 0 Å². The van der Waals surface area contributed by atoms with E-state index in [1.807, 2.05) is 6.07 Å². The zero-order valence-corrected chi connectivity index (χ0v) is 12.2. The fraction of sp³-hybridized carbons (Fsp3) is 0.294. The highest BCUT2D eigenvalue weighted by Crippen LogP contribution is 2.49. The van der Waals surface area contributed by atoms with Crippen LogP contribution in [0.5, 0.6) is 5.88 Å². The number of aromatic nitrogens is 1. The molecule has 1 aliphatic rings. The molecule has 1 aliphatic carbocycles. The van der Waals surface area contributed by atoms with Crippen LogP contribution in [0.1, 0.15) is 18.9 Å². The van der Waals surface area contributed by atoms with Gasteiger partial charge in [0.15, 0.2) is 11.8 Å². The summed E-state index contributed by atoms with van der Waals surface area (Å²) in [5, 5.41) is 2.70. The Morgan fingerprint density at radius 1 is 1.32 bits per heavy atom. The SMILES string of the molecule is CC(Oc1ccccn1)C(=O)NC1CC1(F)c1ccccc1. The average Bonchev–Trinajstić information content (AvgIpc) is 3.20. The first-order valence-corrected chi connectivity index (χ1v) is 7.22. The number of halogens is 1. The van der Waals surface area contributed by atoms with Crippen LogP contribution in [0.2, 0.25) is 0 Å². The van der Waals surface area contributed by atoms with Crippen molar-refractivity contribution in [1.29, 1.82) is 0 Å². The van der Waals surface area contributed by atoms with Crippen LogP contribution >= 0.6 is 0 Å². The van der Waals surface area contributed by atoms with Gasteiger partial charge in [-0.05, 0) is 18.6 Å². The zero-order valence-electron chi connectivity index (χ0n) is 12.2. The van der Waals surface area contributed by atoms with Crippen molar-refractivity contribution in [1.82, 2.24) is 10.3 Å². The lowest BCUT2D eigenvalue weighted by molar-refractivity contribution is -0.127. The van der Waals surface area contributed by atoms with Crippen molar-refractivity contribution >= 4 is 5.91 Å². The summed E-state index contributed by atoms with van der Waals surface area (Å²) in [6, 6.07) is 13.6. The van der Waals surface area contributed by atoms with E-state index in [1.165, 1.54) is 0 Å². The minimum absolute atomic E-state index is 0.291. The summed E-state index contributed by atoms with van der Waals surface area (Å²) < 4.78 is 20.1. The minimum Gasteiger partial charge on any atom is -0.465 e. The fourth-order valence-electron chi connectivity index (χ4n) is 2.38. The second kappa shape index (κ2) is 5.75. The molecular formula is C17H17FN2O2. The lowest BCUT2D eigenvalue weighted by Crippen LogP contribution is -2.39. The summed E-state index contributed by atoms with van der Waals surface area (Å²) >= 11 is 0. The summed E-state index contributed by atoms with van der Waals surface area (Å²) in [6.07, 6.45) is 1.15. The molecule has 4 nitrogen and oxygen atoms in total. The van der Waals surface area contributed by atoms with Gasteiger partial charge in [-0.2, -0.15) is 0 Å². The standard InChI is InChI=1S/C17H17FN2O2/c1-12(22-15-9-5-6-10-19-15)16(21)20-14-11-17(14,18)13-7-3-2-4-8-13/h2-10,12,14H,11H2,1H3,(H,20,21). The normalized spacial score (nSPS) is 24.4. The van der Waals surface area contributed by atoms with Gasteiger partial charge in [0.2, 0.25) is 5.88 Å². The number of carbonyl (C=O) groups is 1. The molecule has 5 heteroatoms. The van der Waals surface area contributed by atoms with E-state index in [9.17, 15) is 9.18 Å². The molecule has 3 atom stereocenters. The summed E-state index contributed by atoms with van der Waals surface area (Å²) in [6.45, 7) is 1.62. The summed E-state index contributed by atoms with van der Waals surface area (Å²) in [4.78, 5) is 16.1. The molecule has 1 aromatic heterocycles. The van der Waals surface area contributed by atoms with Crippen molar-refractivity contribution in [2.24, 2.45) is 0 Å². The van der Waals surface area contributed by atoms with Gasteiger partial charge >= 0.3 is 0 Å². The molecule has 0 spiro atoms. The monoisotopic (exact) mass is 300 g/mol. The van der Waals surface area contributed by atoms with Crippen LogP contribution in [-0.2, 0) is 10.5 Å². The Morgan fingerprint density at radius 2 is 2.05 bits per heavy atom. The van der Waals surface area contributed by atoms with Crippen molar-refractivity contribution < 1.29 is 13.9 Å². The number of alkyl halides is 1. The first kappa shape index (κ1) is 14.5. The molecule has 0 saturated heterocycles. The topological polar surface area (TPSA) is 51.2 Å². The molecule has 1 aromatic carbocycles. The number of pyridine rings is 1. The number of carbonyl (C=O) groups excluding carboxylic acids is 1. The van der Waals surface area contributed by atoms with Gasteiger partial charge < -0.3 is 10.1 Å². The lowest BCUT2D eigenvalue weighted by Gasteiger charge is -2.15. The molecule has 2 aromatic rings.